The van der Waals surface area contributed by atoms with Gasteiger partial charge in [-0.25, -0.2) is 13.2 Å². The van der Waals surface area contributed by atoms with Crippen LogP contribution in [0.2, 0.25) is 0 Å². The molecule has 1 aromatic carbocycles. The number of hydrogen-bond acceptors (Lipinski definition) is 3. The highest BCUT2D eigenvalue weighted by Gasteiger charge is 2.28. The monoisotopic (exact) mass is 332 g/mol. The Labute approximate surface area is 114 Å². The first kappa shape index (κ1) is 13.4. The van der Waals surface area contributed by atoms with Crippen molar-refractivity contribution in [3.8, 4) is 0 Å². The van der Waals surface area contributed by atoms with Crippen LogP contribution in [0, 0.1) is 0 Å². The van der Waals surface area contributed by atoms with E-state index in [-0.39, 0.29) is 23.6 Å². The van der Waals surface area contributed by atoms with Gasteiger partial charge in [0, 0.05) is 16.2 Å². The molecule has 7 heteroatoms. The minimum Gasteiger partial charge on any atom is -0.334 e. The van der Waals surface area contributed by atoms with E-state index in [4.69, 9.17) is 0 Å². The zero-order valence-electron chi connectivity index (χ0n) is 9.52. The van der Waals surface area contributed by atoms with Crippen molar-refractivity contribution in [1.82, 2.24) is 5.32 Å². The van der Waals surface area contributed by atoms with E-state index in [0.717, 1.165) is 4.47 Å². The molecule has 1 aliphatic rings. The third kappa shape index (κ3) is 3.71. The number of anilines is 1. The van der Waals surface area contributed by atoms with Gasteiger partial charge in [-0.05, 0) is 24.6 Å². The summed E-state index contributed by atoms with van der Waals surface area (Å²) in [5, 5.41) is 5.32. The summed E-state index contributed by atoms with van der Waals surface area (Å²) in [6.07, 6.45) is 0.480. The van der Waals surface area contributed by atoms with Crippen molar-refractivity contribution >= 4 is 37.5 Å². The number of hydrogen-bond donors (Lipinski definition) is 2. The van der Waals surface area contributed by atoms with Crippen LogP contribution in [0.15, 0.2) is 28.7 Å². The molecule has 2 N–H and O–H groups in total. The van der Waals surface area contributed by atoms with E-state index >= 15 is 0 Å². The Kier molecular flexibility index (Phi) is 3.91. The summed E-state index contributed by atoms with van der Waals surface area (Å²) < 4.78 is 23.4. The number of carbonyl (C=O) groups excluding carboxylic acids is 1. The van der Waals surface area contributed by atoms with Crippen LogP contribution < -0.4 is 10.6 Å². The van der Waals surface area contributed by atoms with E-state index < -0.39 is 9.84 Å². The second-order valence-corrected chi connectivity index (χ2v) is 7.35. The summed E-state index contributed by atoms with van der Waals surface area (Å²) >= 11 is 3.30. The molecule has 5 nitrogen and oxygen atoms in total. The van der Waals surface area contributed by atoms with Crippen LogP contribution in [0.4, 0.5) is 10.5 Å². The van der Waals surface area contributed by atoms with Crippen LogP contribution in [0.25, 0.3) is 0 Å². The summed E-state index contributed by atoms with van der Waals surface area (Å²) in [6, 6.07) is 6.52. The molecule has 0 aromatic heterocycles. The molecule has 0 unspecified atom stereocenters. The van der Waals surface area contributed by atoms with Crippen LogP contribution in [-0.4, -0.2) is 32.0 Å². The topological polar surface area (TPSA) is 75.3 Å². The van der Waals surface area contributed by atoms with Crippen LogP contribution in [-0.2, 0) is 9.84 Å². The maximum absolute atomic E-state index is 11.7. The standard InChI is InChI=1S/C11H13BrN2O3S/c12-8-2-1-3-9(6-8)13-11(15)14-10-4-5-18(16,17)7-10/h1-3,6,10H,4-5,7H2,(H2,13,14,15)/t10-/m1/s1. The van der Waals surface area contributed by atoms with E-state index in [1.807, 2.05) is 6.07 Å². The highest BCUT2D eigenvalue weighted by molar-refractivity contribution is 9.10. The van der Waals surface area contributed by atoms with E-state index in [2.05, 4.69) is 26.6 Å². The number of carbonyl (C=O) groups is 1. The molecule has 2 amide bonds. The number of urea groups is 1. The van der Waals surface area contributed by atoms with Gasteiger partial charge in [0.25, 0.3) is 0 Å². The Balaban J connectivity index is 1.90. The Morgan fingerprint density at radius 1 is 1.39 bits per heavy atom. The third-order valence-electron chi connectivity index (χ3n) is 2.65. The van der Waals surface area contributed by atoms with Crippen molar-refractivity contribution < 1.29 is 13.2 Å². The Morgan fingerprint density at radius 3 is 2.78 bits per heavy atom. The van der Waals surface area contributed by atoms with E-state index in [1.165, 1.54) is 0 Å². The molecule has 0 aliphatic carbocycles. The first-order valence-electron chi connectivity index (χ1n) is 5.48. The quantitative estimate of drug-likeness (QED) is 0.866. The molecule has 1 heterocycles. The minimum atomic E-state index is -2.97. The fourth-order valence-electron chi connectivity index (χ4n) is 1.83. The molecule has 18 heavy (non-hydrogen) atoms. The number of sulfone groups is 1. The first-order valence-corrected chi connectivity index (χ1v) is 8.09. The third-order valence-corrected chi connectivity index (χ3v) is 4.91. The Morgan fingerprint density at radius 2 is 2.17 bits per heavy atom. The second kappa shape index (κ2) is 5.27. The lowest BCUT2D eigenvalue weighted by atomic mass is 10.3. The number of benzene rings is 1. The van der Waals surface area contributed by atoms with Crippen molar-refractivity contribution in [1.29, 1.82) is 0 Å². The summed E-state index contributed by atoms with van der Waals surface area (Å²) in [5.74, 6) is 0.174. The van der Waals surface area contributed by atoms with Gasteiger partial charge in [0.15, 0.2) is 9.84 Å². The summed E-state index contributed by atoms with van der Waals surface area (Å²) in [6.45, 7) is 0. The Bertz CT molecular complexity index is 559. The first-order chi connectivity index (χ1) is 8.44. The van der Waals surface area contributed by atoms with E-state index in [1.54, 1.807) is 18.2 Å². The second-order valence-electron chi connectivity index (χ2n) is 4.21. The highest BCUT2D eigenvalue weighted by Crippen LogP contribution is 2.16. The van der Waals surface area contributed by atoms with Gasteiger partial charge < -0.3 is 10.6 Å². The largest absolute Gasteiger partial charge is 0.334 e. The van der Waals surface area contributed by atoms with Gasteiger partial charge in [-0.15, -0.1) is 0 Å². The SMILES string of the molecule is O=C(Nc1cccc(Br)c1)N[C@@H]1CCS(=O)(=O)C1. The lowest BCUT2D eigenvalue weighted by Crippen LogP contribution is -2.38. The number of nitrogens with one attached hydrogen (secondary N) is 2. The maximum Gasteiger partial charge on any atom is 0.319 e. The lowest BCUT2D eigenvalue weighted by molar-refractivity contribution is 0.249. The van der Waals surface area contributed by atoms with Crippen LogP contribution in [0.3, 0.4) is 0 Å². The Hall–Kier alpha value is -1.08. The van der Waals surface area contributed by atoms with Gasteiger partial charge in [-0.1, -0.05) is 22.0 Å². The number of amides is 2. The zero-order valence-corrected chi connectivity index (χ0v) is 11.9. The molecule has 0 saturated carbocycles. The van der Waals surface area contributed by atoms with Crippen molar-refractivity contribution in [3.63, 3.8) is 0 Å². The molecule has 1 saturated heterocycles. The van der Waals surface area contributed by atoms with Crippen LogP contribution >= 0.6 is 15.9 Å². The molecule has 0 spiro atoms. The molecule has 1 fully saturated rings. The molecule has 0 bridgehead atoms. The number of rotatable bonds is 2. The molecule has 1 atom stereocenters. The van der Waals surface area contributed by atoms with Crippen molar-refractivity contribution in [2.45, 2.75) is 12.5 Å². The lowest BCUT2D eigenvalue weighted by Gasteiger charge is -2.12. The van der Waals surface area contributed by atoms with Gasteiger partial charge >= 0.3 is 6.03 Å². The molecular formula is C11H13BrN2O3S. The predicted octanol–water partition coefficient (Wildman–Crippen LogP) is 1.76. The average molecular weight is 333 g/mol. The molecule has 0 radical (unpaired) electrons. The smallest absolute Gasteiger partial charge is 0.319 e. The number of halogens is 1. The zero-order chi connectivity index (χ0) is 13.2. The summed E-state index contributed by atoms with van der Waals surface area (Å²) in [7, 11) is -2.97. The van der Waals surface area contributed by atoms with Gasteiger partial charge in [0.1, 0.15) is 0 Å². The van der Waals surface area contributed by atoms with Crippen LogP contribution in [0.1, 0.15) is 6.42 Å². The fraction of sp³-hybridized carbons (Fsp3) is 0.364. The van der Waals surface area contributed by atoms with E-state index in [0.29, 0.717) is 12.1 Å². The van der Waals surface area contributed by atoms with Gasteiger partial charge in [-0.3, -0.25) is 0 Å². The normalized spacial score (nSPS) is 21.5. The van der Waals surface area contributed by atoms with Crippen LogP contribution in [0.5, 0.6) is 0 Å². The fourth-order valence-corrected chi connectivity index (χ4v) is 3.90. The summed E-state index contributed by atoms with van der Waals surface area (Å²) in [4.78, 5) is 11.7. The van der Waals surface area contributed by atoms with Crippen molar-refractivity contribution in [3.05, 3.63) is 28.7 Å². The van der Waals surface area contributed by atoms with E-state index in [9.17, 15) is 13.2 Å². The molecule has 98 valence electrons. The summed E-state index contributed by atoms with van der Waals surface area (Å²) in [5.41, 5.74) is 0.655. The molecule has 1 aromatic rings. The molecular weight excluding hydrogens is 320 g/mol. The molecule has 1 aliphatic heterocycles. The highest BCUT2D eigenvalue weighted by atomic mass is 79.9. The predicted molar refractivity (Wildman–Crippen MR) is 73.4 cm³/mol. The average Bonchev–Trinajstić information content (AvgIpc) is 2.57. The minimum absolute atomic E-state index is 0.0267. The van der Waals surface area contributed by atoms with Crippen molar-refractivity contribution in [2.24, 2.45) is 0 Å². The van der Waals surface area contributed by atoms with Crippen molar-refractivity contribution in [2.75, 3.05) is 16.8 Å². The molecule has 2 rings (SSSR count). The van der Waals surface area contributed by atoms with Gasteiger partial charge in [-0.2, -0.15) is 0 Å². The maximum atomic E-state index is 11.7. The van der Waals surface area contributed by atoms with Gasteiger partial charge in [0.2, 0.25) is 0 Å². The van der Waals surface area contributed by atoms with Gasteiger partial charge in [0.05, 0.1) is 11.5 Å².